The third-order valence-corrected chi connectivity index (χ3v) is 1.88. The molecule has 0 saturated heterocycles. The first kappa shape index (κ1) is 10.0. The second-order valence-corrected chi connectivity index (χ2v) is 3.39. The van der Waals surface area contributed by atoms with E-state index in [9.17, 15) is 0 Å². The van der Waals surface area contributed by atoms with Gasteiger partial charge in [0.2, 0.25) is 0 Å². The molecular formula is C12H16O. The van der Waals surface area contributed by atoms with Gasteiger partial charge in [-0.05, 0) is 31.4 Å². The van der Waals surface area contributed by atoms with Crippen molar-refractivity contribution < 1.29 is 5.11 Å². The molecule has 0 spiro atoms. The Bertz CT molecular complexity index is 296. The van der Waals surface area contributed by atoms with Gasteiger partial charge in [0.05, 0.1) is 0 Å². The first-order valence-electron chi connectivity index (χ1n) is 4.57. The Morgan fingerprint density at radius 2 is 2.00 bits per heavy atom. The topological polar surface area (TPSA) is 20.2 Å². The molecule has 0 unspecified atom stereocenters. The van der Waals surface area contributed by atoms with Crippen LogP contribution in [-0.4, -0.2) is 11.7 Å². The van der Waals surface area contributed by atoms with Crippen molar-refractivity contribution in [3.05, 3.63) is 41.0 Å². The monoisotopic (exact) mass is 176 g/mol. The molecule has 0 fully saturated rings. The van der Waals surface area contributed by atoms with E-state index in [4.69, 9.17) is 5.11 Å². The number of aliphatic hydroxyl groups is 1. The van der Waals surface area contributed by atoms with Gasteiger partial charge in [0.1, 0.15) is 0 Å². The quantitative estimate of drug-likeness (QED) is 0.750. The smallest absolute Gasteiger partial charge is 0.0471 e. The van der Waals surface area contributed by atoms with E-state index in [1.807, 2.05) is 12.1 Å². The highest BCUT2D eigenvalue weighted by Crippen LogP contribution is 2.13. The van der Waals surface area contributed by atoms with E-state index in [1.165, 1.54) is 16.7 Å². The fourth-order valence-electron chi connectivity index (χ4n) is 1.33. The minimum atomic E-state index is 0.216. The minimum absolute atomic E-state index is 0.216. The number of hydrogen-bond acceptors (Lipinski definition) is 1. The van der Waals surface area contributed by atoms with E-state index in [0.717, 1.165) is 6.42 Å². The van der Waals surface area contributed by atoms with Crippen LogP contribution in [0.25, 0.3) is 6.08 Å². The molecule has 1 aromatic carbocycles. The van der Waals surface area contributed by atoms with Crippen molar-refractivity contribution in [1.29, 1.82) is 0 Å². The first-order valence-corrected chi connectivity index (χ1v) is 4.57. The van der Waals surface area contributed by atoms with Crippen LogP contribution in [0.2, 0.25) is 0 Å². The Morgan fingerprint density at radius 3 is 2.62 bits per heavy atom. The molecule has 0 radical (unpaired) electrons. The molecule has 0 amide bonds. The number of allylic oxidation sites excluding steroid dienone is 1. The minimum Gasteiger partial charge on any atom is -0.396 e. The van der Waals surface area contributed by atoms with Crippen LogP contribution in [0.3, 0.4) is 0 Å². The number of aliphatic hydroxyl groups excluding tert-OH is 1. The summed E-state index contributed by atoms with van der Waals surface area (Å²) in [5.74, 6) is 0. The second-order valence-electron chi connectivity index (χ2n) is 3.39. The van der Waals surface area contributed by atoms with Crippen LogP contribution in [0.1, 0.15) is 25.0 Å². The predicted octanol–water partition coefficient (Wildman–Crippen LogP) is 2.64. The van der Waals surface area contributed by atoms with Gasteiger partial charge in [0, 0.05) is 6.61 Å². The van der Waals surface area contributed by atoms with Crippen molar-refractivity contribution in [2.45, 2.75) is 20.3 Å². The van der Waals surface area contributed by atoms with Crippen LogP contribution >= 0.6 is 0 Å². The lowest BCUT2D eigenvalue weighted by Crippen LogP contribution is -1.93. The molecule has 0 saturated carbocycles. The van der Waals surface area contributed by atoms with Crippen molar-refractivity contribution in [2.75, 3.05) is 6.61 Å². The van der Waals surface area contributed by atoms with Crippen molar-refractivity contribution >= 4 is 6.08 Å². The zero-order valence-electron chi connectivity index (χ0n) is 8.25. The molecule has 0 aliphatic carbocycles. The van der Waals surface area contributed by atoms with Crippen LogP contribution in [0.4, 0.5) is 0 Å². The Morgan fingerprint density at radius 1 is 1.31 bits per heavy atom. The van der Waals surface area contributed by atoms with Gasteiger partial charge >= 0.3 is 0 Å². The molecule has 1 aromatic rings. The largest absolute Gasteiger partial charge is 0.396 e. The average Bonchev–Trinajstić information content (AvgIpc) is 2.08. The fourth-order valence-corrected chi connectivity index (χ4v) is 1.33. The molecule has 70 valence electrons. The normalized spacial score (nSPS) is 9.77. The second kappa shape index (κ2) is 4.83. The van der Waals surface area contributed by atoms with Gasteiger partial charge in [0.15, 0.2) is 0 Å². The highest BCUT2D eigenvalue weighted by atomic mass is 16.2. The highest BCUT2D eigenvalue weighted by molar-refractivity contribution is 5.55. The maximum absolute atomic E-state index is 8.86. The van der Waals surface area contributed by atoms with Crippen molar-refractivity contribution in [2.24, 2.45) is 0 Å². The third kappa shape index (κ3) is 3.03. The van der Waals surface area contributed by atoms with Crippen LogP contribution in [0.5, 0.6) is 0 Å². The average molecular weight is 176 g/mol. The van der Waals surface area contributed by atoms with Gasteiger partial charge in [-0.1, -0.05) is 35.9 Å². The first-order chi connectivity index (χ1) is 6.24. The van der Waals surface area contributed by atoms with E-state index < -0.39 is 0 Å². The van der Waals surface area contributed by atoms with E-state index >= 15 is 0 Å². The lowest BCUT2D eigenvalue weighted by atomic mass is 10.0. The lowest BCUT2D eigenvalue weighted by molar-refractivity contribution is 0.299. The van der Waals surface area contributed by atoms with Crippen LogP contribution < -0.4 is 0 Å². The molecule has 1 heteroatoms. The van der Waals surface area contributed by atoms with Gasteiger partial charge in [0.25, 0.3) is 0 Å². The summed E-state index contributed by atoms with van der Waals surface area (Å²) in [6.07, 6.45) is 2.88. The summed E-state index contributed by atoms with van der Waals surface area (Å²) in [6, 6.07) is 8.17. The molecule has 0 aliphatic rings. The Kier molecular flexibility index (Phi) is 3.71. The van der Waals surface area contributed by atoms with Gasteiger partial charge < -0.3 is 5.11 Å². The molecule has 0 atom stereocenters. The number of hydrogen-bond donors (Lipinski definition) is 1. The maximum atomic E-state index is 8.86. The van der Waals surface area contributed by atoms with Gasteiger partial charge in [-0.3, -0.25) is 0 Å². The SMILES string of the molecule is CC(C)=Cc1ccccc1CCO. The fraction of sp³-hybridized carbons (Fsp3) is 0.333. The van der Waals surface area contributed by atoms with Gasteiger partial charge in [-0.2, -0.15) is 0 Å². The van der Waals surface area contributed by atoms with E-state index in [2.05, 4.69) is 32.1 Å². The molecule has 1 N–H and O–H groups in total. The lowest BCUT2D eigenvalue weighted by Gasteiger charge is -2.03. The van der Waals surface area contributed by atoms with Crippen LogP contribution in [0, 0.1) is 0 Å². The zero-order chi connectivity index (χ0) is 9.68. The van der Waals surface area contributed by atoms with Crippen molar-refractivity contribution in [3.8, 4) is 0 Å². The molecule has 0 aromatic heterocycles. The Hall–Kier alpha value is -1.08. The molecule has 0 bridgehead atoms. The summed E-state index contributed by atoms with van der Waals surface area (Å²) >= 11 is 0. The summed E-state index contributed by atoms with van der Waals surface area (Å²) in [7, 11) is 0. The molecule has 1 nitrogen and oxygen atoms in total. The summed E-state index contributed by atoms with van der Waals surface area (Å²) in [5.41, 5.74) is 3.72. The predicted molar refractivity (Wildman–Crippen MR) is 56.6 cm³/mol. The third-order valence-electron chi connectivity index (χ3n) is 1.88. The Labute approximate surface area is 79.7 Å². The zero-order valence-corrected chi connectivity index (χ0v) is 8.25. The molecule has 0 aliphatic heterocycles. The summed E-state index contributed by atoms with van der Waals surface area (Å²) in [5, 5.41) is 8.86. The van der Waals surface area contributed by atoms with E-state index in [1.54, 1.807) is 0 Å². The maximum Gasteiger partial charge on any atom is 0.0471 e. The standard InChI is InChI=1S/C12H16O/c1-10(2)9-12-6-4-3-5-11(12)7-8-13/h3-6,9,13H,7-8H2,1-2H3. The molecule has 1 rings (SSSR count). The summed E-state index contributed by atoms with van der Waals surface area (Å²) in [4.78, 5) is 0. The van der Waals surface area contributed by atoms with E-state index in [-0.39, 0.29) is 6.61 Å². The summed E-state index contributed by atoms with van der Waals surface area (Å²) < 4.78 is 0. The molecule has 13 heavy (non-hydrogen) atoms. The highest BCUT2D eigenvalue weighted by Gasteiger charge is 1.97. The van der Waals surface area contributed by atoms with Crippen molar-refractivity contribution in [1.82, 2.24) is 0 Å². The van der Waals surface area contributed by atoms with E-state index in [0.29, 0.717) is 0 Å². The van der Waals surface area contributed by atoms with Crippen LogP contribution in [-0.2, 0) is 6.42 Å². The van der Waals surface area contributed by atoms with Gasteiger partial charge in [-0.15, -0.1) is 0 Å². The molecular weight excluding hydrogens is 160 g/mol. The van der Waals surface area contributed by atoms with Crippen LogP contribution in [0.15, 0.2) is 29.8 Å². The molecule has 0 heterocycles. The summed E-state index contributed by atoms with van der Waals surface area (Å²) in [6.45, 7) is 4.37. The van der Waals surface area contributed by atoms with Crippen molar-refractivity contribution in [3.63, 3.8) is 0 Å². The van der Waals surface area contributed by atoms with Gasteiger partial charge in [-0.25, -0.2) is 0 Å². The number of benzene rings is 1. The number of rotatable bonds is 3. The Balaban J connectivity index is 2.97.